The third kappa shape index (κ3) is 8.89. The summed E-state index contributed by atoms with van der Waals surface area (Å²) in [5, 5.41) is 8.82. The van der Waals surface area contributed by atoms with Crippen LogP contribution in [0, 0.1) is 0 Å². The van der Waals surface area contributed by atoms with Crippen molar-refractivity contribution in [3.63, 3.8) is 0 Å². The Morgan fingerprint density at radius 3 is 1.65 bits per heavy atom. The maximum absolute atomic E-state index is 11.8. The van der Waals surface area contributed by atoms with Gasteiger partial charge in [0.15, 0.2) is 5.78 Å². The van der Waals surface area contributed by atoms with Crippen molar-refractivity contribution in [2.75, 3.05) is 0 Å². The van der Waals surface area contributed by atoms with Gasteiger partial charge in [-0.3, -0.25) is 4.79 Å². The fraction of sp³-hybridized carbons (Fsp3) is 0.765. The molecule has 1 N–H and O–H groups in total. The van der Waals surface area contributed by atoms with E-state index in [0.29, 0.717) is 12.0 Å². The van der Waals surface area contributed by atoms with Crippen LogP contribution in [0.1, 0.15) is 85.0 Å². The molecule has 0 aliphatic heterocycles. The van der Waals surface area contributed by atoms with Crippen LogP contribution in [0.4, 0.5) is 0 Å². The predicted octanol–water partition coefficient (Wildman–Crippen LogP) is 4.90. The Morgan fingerprint density at radius 1 is 0.750 bits per heavy atom. The second-order valence-electron chi connectivity index (χ2n) is 5.56. The average molecular weight is 282 g/mol. The van der Waals surface area contributed by atoms with Gasteiger partial charge in [-0.05, 0) is 20.3 Å². The molecular formula is C17H30O3. The van der Waals surface area contributed by atoms with E-state index >= 15 is 0 Å². The van der Waals surface area contributed by atoms with E-state index in [0.717, 1.165) is 12.8 Å². The summed E-state index contributed by atoms with van der Waals surface area (Å²) in [4.78, 5) is 22.5. The molecule has 0 aromatic heterocycles. The largest absolute Gasteiger partial charge is 0.478 e. The van der Waals surface area contributed by atoms with Gasteiger partial charge in [0.2, 0.25) is 0 Å². The molecule has 3 nitrogen and oxygen atoms in total. The van der Waals surface area contributed by atoms with E-state index < -0.39 is 5.97 Å². The molecule has 0 unspecified atom stereocenters. The molecule has 0 aromatic carbocycles. The van der Waals surface area contributed by atoms with Crippen LogP contribution in [0.2, 0.25) is 0 Å². The minimum atomic E-state index is -0.997. The van der Waals surface area contributed by atoms with Gasteiger partial charge in [-0.15, -0.1) is 0 Å². The van der Waals surface area contributed by atoms with E-state index in [1.165, 1.54) is 51.9 Å². The summed E-state index contributed by atoms with van der Waals surface area (Å²) in [7, 11) is 0. The number of Topliss-reactive ketones (excluding diaryl/α,β-unsaturated/α-hetero) is 1. The van der Waals surface area contributed by atoms with E-state index in [2.05, 4.69) is 6.92 Å². The Labute approximate surface area is 123 Å². The molecular weight excluding hydrogens is 252 g/mol. The van der Waals surface area contributed by atoms with Gasteiger partial charge < -0.3 is 5.11 Å². The number of rotatable bonds is 12. The third-order valence-electron chi connectivity index (χ3n) is 3.81. The molecule has 20 heavy (non-hydrogen) atoms. The topological polar surface area (TPSA) is 54.4 Å². The number of carbonyl (C=O) groups is 2. The minimum absolute atomic E-state index is 0.0205. The van der Waals surface area contributed by atoms with Gasteiger partial charge >= 0.3 is 5.97 Å². The van der Waals surface area contributed by atoms with Crippen molar-refractivity contribution in [3.8, 4) is 0 Å². The fourth-order valence-corrected chi connectivity index (χ4v) is 2.15. The molecule has 3 heteroatoms. The number of allylic oxidation sites excluding steroid dienone is 1. The molecule has 0 saturated heterocycles. The number of hydrogen-bond donors (Lipinski definition) is 1. The normalized spacial score (nSPS) is 12.2. The van der Waals surface area contributed by atoms with Crippen LogP contribution >= 0.6 is 0 Å². The predicted molar refractivity (Wildman–Crippen MR) is 82.9 cm³/mol. The molecule has 0 saturated carbocycles. The Morgan fingerprint density at radius 2 is 1.20 bits per heavy atom. The van der Waals surface area contributed by atoms with E-state index in [-0.39, 0.29) is 11.4 Å². The van der Waals surface area contributed by atoms with Gasteiger partial charge in [-0.2, -0.15) is 0 Å². The first-order chi connectivity index (χ1) is 9.50. The van der Waals surface area contributed by atoms with Crippen molar-refractivity contribution in [3.05, 3.63) is 11.1 Å². The van der Waals surface area contributed by atoms with Crippen molar-refractivity contribution in [2.24, 2.45) is 0 Å². The molecule has 0 aromatic rings. The zero-order valence-corrected chi connectivity index (χ0v) is 13.3. The summed E-state index contributed by atoms with van der Waals surface area (Å²) in [6.07, 6.45) is 11.4. The first-order valence-electron chi connectivity index (χ1n) is 7.94. The average Bonchev–Trinajstić information content (AvgIpc) is 2.43. The van der Waals surface area contributed by atoms with Crippen molar-refractivity contribution in [2.45, 2.75) is 85.0 Å². The molecule has 116 valence electrons. The second-order valence-corrected chi connectivity index (χ2v) is 5.56. The number of unbranched alkanes of at least 4 members (excludes halogenated alkanes) is 8. The molecule has 0 spiro atoms. The van der Waals surface area contributed by atoms with Gasteiger partial charge in [0.05, 0.1) is 0 Å². The van der Waals surface area contributed by atoms with Crippen LogP contribution < -0.4 is 0 Å². The molecule has 0 aliphatic carbocycles. The molecule has 0 heterocycles. The number of carboxylic acid groups (broad SMARTS) is 1. The van der Waals surface area contributed by atoms with Crippen LogP contribution in [0.25, 0.3) is 0 Å². The Kier molecular flexibility index (Phi) is 11.0. The lowest BCUT2D eigenvalue weighted by atomic mass is 10.0. The van der Waals surface area contributed by atoms with E-state index in [9.17, 15) is 9.59 Å². The second kappa shape index (κ2) is 11.7. The highest BCUT2D eigenvalue weighted by Crippen LogP contribution is 2.13. The van der Waals surface area contributed by atoms with Crippen LogP contribution in [0.15, 0.2) is 11.1 Å². The highest BCUT2D eigenvalue weighted by Gasteiger charge is 2.11. The Bertz CT molecular complexity index is 329. The molecule has 0 fully saturated rings. The third-order valence-corrected chi connectivity index (χ3v) is 3.81. The number of hydrogen-bond acceptors (Lipinski definition) is 2. The molecule has 0 rings (SSSR count). The zero-order valence-electron chi connectivity index (χ0n) is 13.3. The summed E-state index contributed by atoms with van der Waals surface area (Å²) >= 11 is 0. The Balaban J connectivity index is 3.63. The quantitative estimate of drug-likeness (QED) is 0.409. The Hall–Kier alpha value is -1.12. The SMILES string of the molecule is CCCCCCCCCCCC(=O)/C(C)=C(/C)C(=O)O. The molecule has 0 atom stereocenters. The van der Waals surface area contributed by atoms with Crippen LogP contribution in [0.3, 0.4) is 0 Å². The summed E-state index contributed by atoms with van der Waals surface area (Å²) in [6, 6.07) is 0. The van der Waals surface area contributed by atoms with Gasteiger partial charge in [-0.1, -0.05) is 58.3 Å². The lowest BCUT2D eigenvalue weighted by molar-refractivity contribution is -0.133. The molecule has 0 amide bonds. The minimum Gasteiger partial charge on any atom is -0.478 e. The summed E-state index contributed by atoms with van der Waals surface area (Å²) in [5.41, 5.74) is 0.572. The molecule has 0 bridgehead atoms. The van der Waals surface area contributed by atoms with Crippen LogP contribution in [-0.4, -0.2) is 16.9 Å². The molecule has 0 radical (unpaired) electrons. The number of carboxylic acids is 1. The highest BCUT2D eigenvalue weighted by molar-refractivity contribution is 6.02. The van der Waals surface area contributed by atoms with Gasteiger partial charge in [0.1, 0.15) is 0 Å². The first-order valence-corrected chi connectivity index (χ1v) is 7.94. The van der Waals surface area contributed by atoms with Gasteiger partial charge in [0.25, 0.3) is 0 Å². The monoisotopic (exact) mass is 282 g/mol. The molecule has 0 aliphatic rings. The van der Waals surface area contributed by atoms with Crippen molar-refractivity contribution in [1.29, 1.82) is 0 Å². The van der Waals surface area contributed by atoms with E-state index in [4.69, 9.17) is 5.11 Å². The standard InChI is InChI=1S/C17H30O3/c1-4-5-6-7-8-9-10-11-12-13-16(18)14(2)15(3)17(19)20/h4-13H2,1-3H3,(H,19,20)/b15-14-. The fourth-order valence-electron chi connectivity index (χ4n) is 2.15. The zero-order chi connectivity index (χ0) is 15.4. The summed E-state index contributed by atoms with van der Waals surface area (Å²) in [6.45, 7) is 5.32. The van der Waals surface area contributed by atoms with Crippen molar-refractivity contribution < 1.29 is 14.7 Å². The number of carbonyl (C=O) groups excluding carboxylic acids is 1. The summed E-state index contributed by atoms with van der Waals surface area (Å²) < 4.78 is 0. The van der Waals surface area contributed by atoms with Crippen LogP contribution in [0.5, 0.6) is 0 Å². The lowest BCUT2D eigenvalue weighted by Crippen LogP contribution is -2.07. The maximum Gasteiger partial charge on any atom is 0.331 e. The van der Waals surface area contributed by atoms with E-state index in [1.54, 1.807) is 6.92 Å². The van der Waals surface area contributed by atoms with Gasteiger partial charge in [-0.25, -0.2) is 4.79 Å². The number of ketones is 1. The van der Waals surface area contributed by atoms with Crippen molar-refractivity contribution in [1.82, 2.24) is 0 Å². The lowest BCUT2D eigenvalue weighted by Gasteiger charge is -2.04. The van der Waals surface area contributed by atoms with Crippen molar-refractivity contribution >= 4 is 11.8 Å². The summed E-state index contributed by atoms with van der Waals surface area (Å²) in [5.74, 6) is -1.02. The smallest absolute Gasteiger partial charge is 0.331 e. The van der Waals surface area contributed by atoms with E-state index in [1.807, 2.05) is 0 Å². The first kappa shape index (κ1) is 18.9. The van der Waals surface area contributed by atoms with Crippen LogP contribution in [-0.2, 0) is 9.59 Å². The van der Waals surface area contributed by atoms with Gasteiger partial charge in [0, 0.05) is 17.6 Å². The number of aliphatic carboxylic acids is 1. The highest BCUT2D eigenvalue weighted by atomic mass is 16.4. The maximum atomic E-state index is 11.8.